The summed E-state index contributed by atoms with van der Waals surface area (Å²) >= 11 is 0. The molecule has 2 atom stereocenters. The van der Waals surface area contributed by atoms with Crippen LogP contribution in [0.4, 0.5) is 11.4 Å². The Labute approximate surface area is 207 Å². The Balaban J connectivity index is 1.52. The molecule has 5 nitrogen and oxygen atoms in total. The lowest BCUT2D eigenvalue weighted by molar-refractivity contribution is -0.116. The van der Waals surface area contributed by atoms with Gasteiger partial charge in [0, 0.05) is 17.7 Å². The maximum Gasteiger partial charge on any atom is 0.163 e. The van der Waals surface area contributed by atoms with Gasteiger partial charge >= 0.3 is 0 Å². The molecule has 3 aromatic carbocycles. The predicted molar refractivity (Wildman–Crippen MR) is 140 cm³/mol. The molecule has 0 saturated carbocycles. The van der Waals surface area contributed by atoms with Gasteiger partial charge in [0.25, 0.3) is 0 Å². The van der Waals surface area contributed by atoms with Gasteiger partial charge < -0.3 is 20.1 Å². The molecule has 5 heteroatoms. The number of hydrogen-bond acceptors (Lipinski definition) is 5. The van der Waals surface area contributed by atoms with Crippen LogP contribution in [0.25, 0.3) is 0 Å². The Hall–Kier alpha value is -3.73. The predicted octanol–water partition coefficient (Wildman–Crippen LogP) is 6.85. The number of nitrogens with one attached hydrogen (secondary N) is 2. The van der Waals surface area contributed by atoms with Gasteiger partial charge in [-0.05, 0) is 80.6 Å². The fraction of sp³-hybridized carbons (Fsp3) is 0.300. The summed E-state index contributed by atoms with van der Waals surface area (Å²) in [6, 6.07) is 24.1. The van der Waals surface area contributed by atoms with Crippen LogP contribution in [0.3, 0.4) is 0 Å². The molecule has 0 radical (unpaired) electrons. The van der Waals surface area contributed by atoms with Gasteiger partial charge in [-0.2, -0.15) is 0 Å². The fourth-order valence-electron chi connectivity index (χ4n) is 5.02. The van der Waals surface area contributed by atoms with E-state index in [9.17, 15) is 4.79 Å². The second kappa shape index (κ2) is 9.87. The first kappa shape index (κ1) is 23.0. The van der Waals surface area contributed by atoms with Crippen LogP contribution in [0.1, 0.15) is 56.7 Å². The van der Waals surface area contributed by atoms with E-state index in [0.717, 1.165) is 51.7 Å². The number of hydrogen-bond donors (Lipinski definition) is 2. The van der Waals surface area contributed by atoms with E-state index in [1.807, 2.05) is 63.2 Å². The molecule has 0 amide bonds. The zero-order chi connectivity index (χ0) is 24.4. The van der Waals surface area contributed by atoms with Crippen molar-refractivity contribution >= 4 is 17.2 Å². The maximum atomic E-state index is 13.7. The summed E-state index contributed by atoms with van der Waals surface area (Å²) in [6.07, 6.45) is 1.37. The third-order valence-electron chi connectivity index (χ3n) is 6.53. The summed E-state index contributed by atoms with van der Waals surface area (Å²) in [5.41, 5.74) is 5.93. The molecule has 0 saturated heterocycles. The highest BCUT2D eigenvalue weighted by Gasteiger charge is 2.36. The van der Waals surface area contributed by atoms with Gasteiger partial charge in [-0.1, -0.05) is 36.4 Å². The molecule has 1 aliphatic carbocycles. The highest BCUT2D eigenvalue weighted by molar-refractivity contribution is 6.01. The standard InChI is InChI=1S/C30H32N2O3/c1-4-34-24-9-7-8-21(16-24)30-29-27(31-25-10-5-6-11-26(25)32-30)17-22(18-28(29)33)20-12-14-23(15-13-20)35-19(2)3/h5-16,19,22,30-32H,4,17-18H2,1-3H3. The van der Waals surface area contributed by atoms with E-state index >= 15 is 0 Å². The number of carbonyl (C=O) groups excluding carboxylic acids is 1. The summed E-state index contributed by atoms with van der Waals surface area (Å²) in [4.78, 5) is 13.7. The number of anilines is 2. The highest BCUT2D eigenvalue weighted by atomic mass is 16.5. The zero-order valence-corrected chi connectivity index (χ0v) is 20.5. The molecule has 0 spiro atoms. The van der Waals surface area contributed by atoms with Gasteiger partial charge in [0.1, 0.15) is 11.5 Å². The summed E-state index contributed by atoms with van der Waals surface area (Å²) < 4.78 is 11.6. The average Bonchev–Trinajstić information content (AvgIpc) is 3.01. The minimum absolute atomic E-state index is 0.113. The van der Waals surface area contributed by atoms with Gasteiger partial charge in [0.2, 0.25) is 0 Å². The van der Waals surface area contributed by atoms with Gasteiger partial charge in [-0.25, -0.2) is 0 Å². The van der Waals surface area contributed by atoms with Crippen molar-refractivity contribution in [3.05, 3.63) is 95.2 Å². The van der Waals surface area contributed by atoms with Crippen molar-refractivity contribution in [3.8, 4) is 11.5 Å². The Morgan fingerprint density at radius 1 is 0.886 bits per heavy atom. The molecule has 0 aromatic heterocycles. The molecule has 0 bridgehead atoms. The molecular weight excluding hydrogens is 436 g/mol. The minimum atomic E-state index is -0.253. The number of allylic oxidation sites excluding steroid dienone is 1. The number of fused-ring (bicyclic) bond motifs is 1. The van der Waals surface area contributed by atoms with Crippen LogP contribution in [0, 0.1) is 0 Å². The number of Topliss-reactive ketones (excluding diaryl/α,β-unsaturated/α-hetero) is 1. The Morgan fingerprint density at radius 3 is 2.40 bits per heavy atom. The van der Waals surface area contributed by atoms with Crippen molar-refractivity contribution in [2.45, 2.75) is 51.7 Å². The molecule has 2 unspecified atom stereocenters. The normalized spacial score (nSPS) is 19.3. The fourth-order valence-corrected chi connectivity index (χ4v) is 5.02. The molecule has 1 aliphatic heterocycles. The SMILES string of the molecule is CCOc1cccc(C2Nc3ccccc3NC3=C2C(=O)CC(c2ccc(OC(C)C)cc2)C3)c1. The quantitative estimate of drug-likeness (QED) is 0.414. The maximum absolute atomic E-state index is 13.7. The van der Waals surface area contributed by atoms with E-state index in [0.29, 0.717) is 13.0 Å². The number of ether oxygens (including phenoxy) is 2. The first-order valence-electron chi connectivity index (χ1n) is 12.4. The molecule has 2 N–H and O–H groups in total. The topological polar surface area (TPSA) is 59.6 Å². The van der Waals surface area contributed by atoms with E-state index in [4.69, 9.17) is 9.47 Å². The van der Waals surface area contributed by atoms with Crippen molar-refractivity contribution in [3.63, 3.8) is 0 Å². The molecule has 3 aromatic rings. The van der Waals surface area contributed by atoms with Crippen LogP contribution in [-0.2, 0) is 4.79 Å². The van der Waals surface area contributed by atoms with Crippen LogP contribution in [0.5, 0.6) is 11.5 Å². The first-order chi connectivity index (χ1) is 17.0. The van der Waals surface area contributed by atoms with Gasteiger partial charge in [-0.3, -0.25) is 4.79 Å². The molecule has 35 heavy (non-hydrogen) atoms. The molecule has 2 aliphatic rings. The first-order valence-corrected chi connectivity index (χ1v) is 12.4. The van der Waals surface area contributed by atoms with E-state index < -0.39 is 0 Å². The molecule has 5 rings (SSSR count). The van der Waals surface area contributed by atoms with Crippen molar-refractivity contribution in [2.75, 3.05) is 17.2 Å². The van der Waals surface area contributed by atoms with Crippen molar-refractivity contribution in [1.82, 2.24) is 0 Å². The van der Waals surface area contributed by atoms with Crippen LogP contribution in [0.2, 0.25) is 0 Å². The largest absolute Gasteiger partial charge is 0.494 e. The monoisotopic (exact) mass is 468 g/mol. The Kier molecular flexibility index (Phi) is 6.49. The number of rotatable bonds is 6. The zero-order valence-electron chi connectivity index (χ0n) is 20.5. The lowest BCUT2D eigenvalue weighted by atomic mass is 9.78. The van der Waals surface area contributed by atoms with Crippen LogP contribution >= 0.6 is 0 Å². The van der Waals surface area contributed by atoms with Gasteiger partial charge in [-0.15, -0.1) is 0 Å². The molecule has 0 fully saturated rings. The number of carbonyl (C=O) groups is 1. The smallest absolute Gasteiger partial charge is 0.163 e. The van der Waals surface area contributed by atoms with E-state index in [1.165, 1.54) is 0 Å². The van der Waals surface area contributed by atoms with Crippen LogP contribution in [-0.4, -0.2) is 18.5 Å². The van der Waals surface area contributed by atoms with E-state index in [1.54, 1.807) is 0 Å². The van der Waals surface area contributed by atoms with Crippen molar-refractivity contribution in [2.24, 2.45) is 0 Å². The molecular formula is C30H32N2O3. The lowest BCUT2D eigenvalue weighted by Crippen LogP contribution is -2.26. The van der Waals surface area contributed by atoms with E-state index in [-0.39, 0.29) is 23.8 Å². The summed E-state index contributed by atoms with van der Waals surface area (Å²) in [5, 5.41) is 7.25. The van der Waals surface area contributed by atoms with Gasteiger partial charge in [0.15, 0.2) is 5.78 Å². The number of para-hydroxylation sites is 2. The van der Waals surface area contributed by atoms with E-state index in [2.05, 4.69) is 41.0 Å². The van der Waals surface area contributed by atoms with Crippen molar-refractivity contribution in [1.29, 1.82) is 0 Å². The van der Waals surface area contributed by atoms with Crippen molar-refractivity contribution < 1.29 is 14.3 Å². The van der Waals surface area contributed by atoms with Crippen LogP contribution in [0.15, 0.2) is 84.1 Å². The lowest BCUT2D eigenvalue weighted by Gasteiger charge is -2.30. The third kappa shape index (κ3) is 4.90. The average molecular weight is 469 g/mol. The second-order valence-corrected chi connectivity index (χ2v) is 9.41. The Morgan fingerprint density at radius 2 is 1.66 bits per heavy atom. The number of benzene rings is 3. The highest BCUT2D eigenvalue weighted by Crippen LogP contribution is 2.44. The molecule has 1 heterocycles. The molecule has 180 valence electrons. The second-order valence-electron chi connectivity index (χ2n) is 9.41. The summed E-state index contributed by atoms with van der Waals surface area (Å²) in [6.45, 7) is 6.61. The minimum Gasteiger partial charge on any atom is -0.494 e. The summed E-state index contributed by atoms with van der Waals surface area (Å²) in [7, 11) is 0. The third-order valence-corrected chi connectivity index (χ3v) is 6.53. The number of ketones is 1. The Bertz CT molecular complexity index is 1250. The summed E-state index contributed by atoms with van der Waals surface area (Å²) in [5.74, 6) is 1.94. The van der Waals surface area contributed by atoms with Gasteiger partial charge in [0.05, 0.1) is 30.1 Å². The van der Waals surface area contributed by atoms with Crippen LogP contribution < -0.4 is 20.1 Å².